The number of hydrogen-bond donors (Lipinski definition) is 0. The Hall–Kier alpha value is -1.16. The van der Waals surface area contributed by atoms with Gasteiger partial charge in [0.05, 0.1) is 10.6 Å². The van der Waals surface area contributed by atoms with Crippen molar-refractivity contribution in [1.82, 2.24) is 0 Å². The van der Waals surface area contributed by atoms with Crippen LogP contribution in [0.15, 0.2) is 29.2 Å². The molecule has 0 bridgehead atoms. The molecule has 0 amide bonds. The smallest absolute Gasteiger partial charge is 0.179 e. The van der Waals surface area contributed by atoms with Crippen molar-refractivity contribution in [3.63, 3.8) is 0 Å². The SMILES string of the molecule is O=C1CCCCC1C1CS(=O)(=O)c2ccccc21. The summed E-state index contributed by atoms with van der Waals surface area (Å²) in [6.45, 7) is 0. The molecule has 1 aliphatic heterocycles. The predicted molar refractivity (Wildman–Crippen MR) is 68.2 cm³/mol. The van der Waals surface area contributed by atoms with Gasteiger partial charge in [0, 0.05) is 18.3 Å². The maximum atomic E-state index is 12.1. The fourth-order valence-corrected chi connectivity index (χ4v) is 5.18. The number of Topliss-reactive ketones (excluding diaryl/α,β-unsaturated/α-hetero) is 1. The largest absolute Gasteiger partial charge is 0.299 e. The highest BCUT2D eigenvalue weighted by atomic mass is 32.2. The Balaban J connectivity index is 2.03. The summed E-state index contributed by atoms with van der Waals surface area (Å²) in [6, 6.07) is 7.14. The number of rotatable bonds is 1. The van der Waals surface area contributed by atoms with Crippen molar-refractivity contribution in [3.05, 3.63) is 29.8 Å². The Morgan fingerprint density at radius 2 is 1.83 bits per heavy atom. The maximum Gasteiger partial charge on any atom is 0.179 e. The van der Waals surface area contributed by atoms with Gasteiger partial charge in [0.15, 0.2) is 9.84 Å². The lowest BCUT2D eigenvalue weighted by atomic mass is 9.77. The molecule has 96 valence electrons. The molecule has 1 heterocycles. The number of fused-ring (bicyclic) bond motifs is 1. The van der Waals surface area contributed by atoms with Crippen LogP contribution in [0.2, 0.25) is 0 Å². The minimum absolute atomic E-state index is 0.0859. The lowest BCUT2D eigenvalue weighted by Gasteiger charge is -2.25. The molecular formula is C14H16O3S. The summed E-state index contributed by atoms with van der Waals surface area (Å²) in [7, 11) is -3.18. The second kappa shape index (κ2) is 4.19. The summed E-state index contributed by atoms with van der Waals surface area (Å²) in [5.41, 5.74) is 0.859. The summed E-state index contributed by atoms with van der Waals surface area (Å²) in [6.07, 6.45) is 3.45. The number of benzene rings is 1. The van der Waals surface area contributed by atoms with Crippen molar-refractivity contribution in [2.75, 3.05) is 5.75 Å². The maximum absolute atomic E-state index is 12.1. The average molecular weight is 264 g/mol. The highest BCUT2D eigenvalue weighted by Crippen LogP contribution is 2.43. The van der Waals surface area contributed by atoms with Gasteiger partial charge in [-0.1, -0.05) is 24.6 Å². The van der Waals surface area contributed by atoms with Gasteiger partial charge in [-0.15, -0.1) is 0 Å². The van der Waals surface area contributed by atoms with Crippen LogP contribution in [-0.4, -0.2) is 20.0 Å². The molecule has 4 heteroatoms. The molecule has 3 nitrogen and oxygen atoms in total. The fraction of sp³-hybridized carbons (Fsp3) is 0.500. The minimum atomic E-state index is -3.18. The molecule has 1 aliphatic carbocycles. The van der Waals surface area contributed by atoms with Crippen LogP contribution in [0.25, 0.3) is 0 Å². The first-order valence-electron chi connectivity index (χ1n) is 6.44. The van der Waals surface area contributed by atoms with Crippen LogP contribution in [0, 0.1) is 5.92 Å². The van der Waals surface area contributed by atoms with E-state index in [1.165, 1.54) is 0 Å². The van der Waals surface area contributed by atoms with E-state index < -0.39 is 9.84 Å². The van der Waals surface area contributed by atoms with E-state index in [-0.39, 0.29) is 23.4 Å². The monoisotopic (exact) mass is 264 g/mol. The van der Waals surface area contributed by atoms with E-state index in [0.717, 1.165) is 24.8 Å². The molecule has 1 aromatic carbocycles. The van der Waals surface area contributed by atoms with Gasteiger partial charge in [-0.05, 0) is 24.5 Å². The number of carbonyl (C=O) groups excluding carboxylic acids is 1. The zero-order valence-electron chi connectivity index (χ0n) is 10.1. The Kier molecular flexibility index (Phi) is 2.77. The second-order valence-electron chi connectivity index (χ2n) is 5.24. The molecule has 18 heavy (non-hydrogen) atoms. The molecule has 2 atom stereocenters. The van der Waals surface area contributed by atoms with Gasteiger partial charge < -0.3 is 0 Å². The Morgan fingerprint density at radius 3 is 2.61 bits per heavy atom. The van der Waals surface area contributed by atoms with Crippen LogP contribution in [0.4, 0.5) is 0 Å². The molecule has 0 aromatic heterocycles. The van der Waals surface area contributed by atoms with Crippen LogP contribution in [0.5, 0.6) is 0 Å². The van der Waals surface area contributed by atoms with Crippen LogP contribution in [0.3, 0.4) is 0 Å². The second-order valence-corrected chi connectivity index (χ2v) is 7.25. The van der Waals surface area contributed by atoms with Crippen LogP contribution < -0.4 is 0 Å². The Bertz CT molecular complexity index is 589. The normalized spacial score (nSPS) is 30.1. The van der Waals surface area contributed by atoms with Crippen LogP contribution in [0.1, 0.15) is 37.2 Å². The van der Waals surface area contributed by atoms with Gasteiger partial charge in [0.2, 0.25) is 0 Å². The third-order valence-electron chi connectivity index (χ3n) is 4.14. The van der Waals surface area contributed by atoms with Gasteiger partial charge in [0.1, 0.15) is 5.78 Å². The quantitative estimate of drug-likeness (QED) is 0.782. The molecule has 2 aliphatic rings. The van der Waals surface area contributed by atoms with E-state index in [9.17, 15) is 13.2 Å². The molecule has 0 spiro atoms. The van der Waals surface area contributed by atoms with E-state index >= 15 is 0 Å². The van der Waals surface area contributed by atoms with Crippen molar-refractivity contribution >= 4 is 15.6 Å². The highest BCUT2D eigenvalue weighted by molar-refractivity contribution is 7.91. The van der Waals surface area contributed by atoms with E-state index in [0.29, 0.717) is 11.3 Å². The predicted octanol–water partition coefficient (Wildman–Crippen LogP) is 2.32. The molecule has 1 saturated carbocycles. The number of sulfone groups is 1. The van der Waals surface area contributed by atoms with Gasteiger partial charge in [0.25, 0.3) is 0 Å². The van der Waals surface area contributed by atoms with Crippen molar-refractivity contribution in [1.29, 1.82) is 0 Å². The Morgan fingerprint density at radius 1 is 1.06 bits per heavy atom. The van der Waals surface area contributed by atoms with E-state index in [1.54, 1.807) is 12.1 Å². The average Bonchev–Trinajstić information content (AvgIpc) is 2.63. The van der Waals surface area contributed by atoms with Crippen molar-refractivity contribution in [2.24, 2.45) is 5.92 Å². The van der Waals surface area contributed by atoms with Crippen molar-refractivity contribution < 1.29 is 13.2 Å². The van der Waals surface area contributed by atoms with Crippen LogP contribution >= 0.6 is 0 Å². The first-order valence-corrected chi connectivity index (χ1v) is 8.09. The molecule has 1 fully saturated rings. The molecule has 0 saturated heterocycles. The molecule has 0 radical (unpaired) electrons. The van der Waals surface area contributed by atoms with Crippen molar-refractivity contribution in [3.8, 4) is 0 Å². The van der Waals surface area contributed by atoms with Gasteiger partial charge in [-0.25, -0.2) is 8.42 Å². The highest BCUT2D eigenvalue weighted by Gasteiger charge is 2.41. The summed E-state index contributed by atoms with van der Waals surface area (Å²) in [4.78, 5) is 12.4. The third kappa shape index (κ3) is 1.79. The third-order valence-corrected chi connectivity index (χ3v) is 5.98. The summed E-state index contributed by atoms with van der Waals surface area (Å²) in [5, 5.41) is 0. The fourth-order valence-electron chi connectivity index (χ4n) is 3.25. The van der Waals surface area contributed by atoms with Crippen LogP contribution in [-0.2, 0) is 14.6 Å². The molecule has 2 unspecified atom stereocenters. The topological polar surface area (TPSA) is 51.2 Å². The summed E-state index contributed by atoms with van der Waals surface area (Å²) in [5.74, 6) is 0.164. The summed E-state index contributed by atoms with van der Waals surface area (Å²) < 4.78 is 24.2. The van der Waals surface area contributed by atoms with Gasteiger partial charge >= 0.3 is 0 Å². The lowest BCUT2D eigenvalue weighted by molar-refractivity contribution is -0.125. The summed E-state index contributed by atoms with van der Waals surface area (Å²) >= 11 is 0. The van der Waals surface area contributed by atoms with E-state index in [1.807, 2.05) is 12.1 Å². The number of ketones is 1. The number of carbonyl (C=O) groups is 1. The zero-order valence-corrected chi connectivity index (χ0v) is 10.9. The van der Waals surface area contributed by atoms with E-state index in [2.05, 4.69) is 0 Å². The first kappa shape index (κ1) is 11.9. The zero-order chi connectivity index (χ0) is 12.8. The molecular weight excluding hydrogens is 248 g/mol. The van der Waals surface area contributed by atoms with Crippen molar-refractivity contribution in [2.45, 2.75) is 36.5 Å². The molecule has 3 rings (SSSR count). The lowest BCUT2D eigenvalue weighted by Crippen LogP contribution is -2.26. The molecule has 0 N–H and O–H groups in total. The van der Waals surface area contributed by atoms with Gasteiger partial charge in [-0.2, -0.15) is 0 Å². The minimum Gasteiger partial charge on any atom is -0.299 e. The van der Waals surface area contributed by atoms with E-state index in [4.69, 9.17) is 0 Å². The number of hydrogen-bond acceptors (Lipinski definition) is 3. The Labute approximate surface area is 107 Å². The first-order chi connectivity index (χ1) is 8.59. The van der Waals surface area contributed by atoms with Gasteiger partial charge in [-0.3, -0.25) is 4.79 Å². The molecule has 1 aromatic rings. The standard InChI is InChI=1S/C14H16O3S/c15-13-7-3-1-5-10(13)12-9-18(16,17)14-8-4-2-6-11(12)14/h2,4,6,8,10,12H,1,3,5,7,9H2.